The molecule has 0 aliphatic rings. The van der Waals surface area contributed by atoms with Crippen LogP contribution in [0.2, 0.25) is 0 Å². The van der Waals surface area contributed by atoms with Crippen molar-refractivity contribution in [2.75, 3.05) is 6.54 Å². The van der Waals surface area contributed by atoms with Crippen LogP contribution in [0, 0.1) is 5.82 Å². The van der Waals surface area contributed by atoms with Crippen molar-refractivity contribution in [3.05, 3.63) is 42.0 Å². The van der Waals surface area contributed by atoms with Gasteiger partial charge in [0.15, 0.2) is 0 Å². The predicted octanol–water partition coefficient (Wildman–Crippen LogP) is 3.23. The van der Waals surface area contributed by atoms with Gasteiger partial charge in [-0.25, -0.2) is 4.39 Å². The molecule has 0 aliphatic heterocycles. The van der Waals surface area contributed by atoms with Crippen LogP contribution in [-0.2, 0) is 0 Å². The van der Waals surface area contributed by atoms with E-state index in [1.165, 1.54) is 12.3 Å². The van der Waals surface area contributed by atoms with Crippen LogP contribution in [0.3, 0.4) is 0 Å². The van der Waals surface area contributed by atoms with Gasteiger partial charge in [0.2, 0.25) is 0 Å². The van der Waals surface area contributed by atoms with Crippen molar-refractivity contribution >= 4 is 0 Å². The summed E-state index contributed by atoms with van der Waals surface area (Å²) in [6, 6.07) is 1.64. The van der Waals surface area contributed by atoms with Crippen LogP contribution >= 0.6 is 0 Å². The molecule has 0 fully saturated rings. The second-order valence-corrected chi connectivity index (χ2v) is 4.10. The zero-order chi connectivity index (χ0) is 12.0. The average Bonchev–Trinajstić information content (AvgIpc) is 2.23. The van der Waals surface area contributed by atoms with Gasteiger partial charge >= 0.3 is 0 Å². The van der Waals surface area contributed by atoms with E-state index in [0.717, 1.165) is 30.5 Å². The summed E-state index contributed by atoms with van der Waals surface area (Å²) in [7, 11) is 0. The first kappa shape index (κ1) is 12.8. The number of rotatable bonds is 6. The minimum Gasteiger partial charge on any atom is -0.310 e. The Bertz CT molecular complexity index is 350. The molecule has 88 valence electrons. The average molecular weight is 222 g/mol. The van der Waals surface area contributed by atoms with E-state index in [1.807, 2.05) is 6.92 Å². The summed E-state index contributed by atoms with van der Waals surface area (Å²) in [5.74, 6) is -0.289. The number of pyridine rings is 1. The minimum atomic E-state index is -0.289. The molecule has 16 heavy (non-hydrogen) atoms. The molecule has 1 unspecified atom stereocenters. The first-order valence-electron chi connectivity index (χ1n) is 5.61. The van der Waals surface area contributed by atoms with Gasteiger partial charge in [-0.05, 0) is 37.9 Å². The molecule has 0 bridgehead atoms. The van der Waals surface area contributed by atoms with E-state index in [9.17, 15) is 4.39 Å². The highest BCUT2D eigenvalue weighted by Gasteiger charge is 2.11. The van der Waals surface area contributed by atoms with Crippen LogP contribution < -0.4 is 5.32 Å². The summed E-state index contributed by atoms with van der Waals surface area (Å²) in [4.78, 5) is 3.88. The molecule has 1 rings (SSSR count). The zero-order valence-corrected chi connectivity index (χ0v) is 9.96. The molecule has 0 spiro atoms. The van der Waals surface area contributed by atoms with E-state index < -0.39 is 0 Å². The lowest BCUT2D eigenvalue weighted by atomic mass is 10.0. The molecule has 1 aromatic heterocycles. The quantitative estimate of drug-likeness (QED) is 0.747. The van der Waals surface area contributed by atoms with Crippen LogP contribution in [0.4, 0.5) is 4.39 Å². The van der Waals surface area contributed by atoms with Gasteiger partial charge in [0.25, 0.3) is 0 Å². The number of halogens is 1. The molecule has 0 saturated heterocycles. The van der Waals surface area contributed by atoms with E-state index in [0.29, 0.717) is 0 Å². The molecule has 3 heteroatoms. The monoisotopic (exact) mass is 222 g/mol. The molecule has 0 aromatic carbocycles. The molecule has 0 amide bonds. The Kier molecular flexibility index (Phi) is 5.12. The summed E-state index contributed by atoms with van der Waals surface area (Å²) in [5.41, 5.74) is 1.97. The molecule has 2 nitrogen and oxygen atoms in total. The van der Waals surface area contributed by atoms with Crippen LogP contribution in [0.25, 0.3) is 0 Å². The standard InChI is InChI=1S/C13H19FN2/c1-4-5-16-13(6-10(2)3)11-7-12(14)9-15-8-11/h7-9,13,16H,2,4-6H2,1,3H3. The number of nitrogens with one attached hydrogen (secondary N) is 1. The van der Waals surface area contributed by atoms with Crippen LogP contribution in [0.5, 0.6) is 0 Å². The molecule has 0 aliphatic carbocycles. The Morgan fingerprint density at radius 3 is 2.88 bits per heavy atom. The number of aromatic nitrogens is 1. The van der Waals surface area contributed by atoms with Gasteiger partial charge in [0, 0.05) is 12.2 Å². The second kappa shape index (κ2) is 6.38. The maximum atomic E-state index is 13.1. The fraction of sp³-hybridized carbons (Fsp3) is 0.462. The summed E-state index contributed by atoms with van der Waals surface area (Å²) >= 11 is 0. The first-order chi connectivity index (χ1) is 7.63. The normalized spacial score (nSPS) is 12.4. The number of nitrogens with zero attached hydrogens (tertiary/aromatic N) is 1. The second-order valence-electron chi connectivity index (χ2n) is 4.10. The van der Waals surface area contributed by atoms with Crippen molar-refractivity contribution in [1.82, 2.24) is 10.3 Å². The van der Waals surface area contributed by atoms with E-state index in [2.05, 4.69) is 23.8 Å². The lowest BCUT2D eigenvalue weighted by Crippen LogP contribution is -2.22. The van der Waals surface area contributed by atoms with Crippen molar-refractivity contribution < 1.29 is 4.39 Å². The highest BCUT2D eigenvalue weighted by Crippen LogP contribution is 2.20. The Morgan fingerprint density at radius 1 is 1.56 bits per heavy atom. The topological polar surface area (TPSA) is 24.9 Å². The van der Waals surface area contributed by atoms with Gasteiger partial charge in [0.05, 0.1) is 6.20 Å². The fourth-order valence-corrected chi connectivity index (χ4v) is 1.59. The highest BCUT2D eigenvalue weighted by atomic mass is 19.1. The lowest BCUT2D eigenvalue weighted by molar-refractivity contribution is 0.520. The maximum Gasteiger partial charge on any atom is 0.141 e. The van der Waals surface area contributed by atoms with Gasteiger partial charge in [-0.2, -0.15) is 0 Å². The Labute approximate surface area is 96.6 Å². The van der Waals surface area contributed by atoms with Crippen molar-refractivity contribution in [3.63, 3.8) is 0 Å². The van der Waals surface area contributed by atoms with Crippen molar-refractivity contribution in [1.29, 1.82) is 0 Å². The Morgan fingerprint density at radius 2 is 2.31 bits per heavy atom. The Hall–Kier alpha value is -1.22. The molecule has 1 N–H and O–H groups in total. The van der Waals surface area contributed by atoms with Gasteiger partial charge < -0.3 is 5.32 Å². The number of hydrogen-bond acceptors (Lipinski definition) is 2. The van der Waals surface area contributed by atoms with Crippen molar-refractivity contribution in [2.24, 2.45) is 0 Å². The molecule has 0 saturated carbocycles. The SMILES string of the molecule is C=C(C)CC(NCCC)c1cncc(F)c1. The van der Waals surface area contributed by atoms with Gasteiger partial charge in [-0.15, -0.1) is 6.58 Å². The predicted molar refractivity (Wildman–Crippen MR) is 64.7 cm³/mol. The summed E-state index contributed by atoms with van der Waals surface area (Å²) in [5, 5.41) is 3.38. The van der Waals surface area contributed by atoms with Crippen molar-refractivity contribution in [3.8, 4) is 0 Å². The van der Waals surface area contributed by atoms with E-state index >= 15 is 0 Å². The maximum absolute atomic E-state index is 13.1. The first-order valence-corrected chi connectivity index (χ1v) is 5.61. The van der Waals surface area contributed by atoms with E-state index in [1.54, 1.807) is 6.20 Å². The molecular formula is C13H19FN2. The fourth-order valence-electron chi connectivity index (χ4n) is 1.59. The van der Waals surface area contributed by atoms with Crippen LogP contribution in [0.1, 0.15) is 38.3 Å². The van der Waals surface area contributed by atoms with Crippen LogP contribution in [-0.4, -0.2) is 11.5 Å². The largest absolute Gasteiger partial charge is 0.310 e. The van der Waals surface area contributed by atoms with Gasteiger partial charge in [-0.3, -0.25) is 4.98 Å². The minimum absolute atomic E-state index is 0.112. The molecular weight excluding hydrogens is 203 g/mol. The third-order valence-electron chi connectivity index (χ3n) is 2.32. The third-order valence-corrected chi connectivity index (χ3v) is 2.32. The highest BCUT2D eigenvalue weighted by molar-refractivity contribution is 5.17. The lowest BCUT2D eigenvalue weighted by Gasteiger charge is -2.18. The molecule has 0 radical (unpaired) electrons. The smallest absolute Gasteiger partial charge is 0.141 e. The molecule has 1 heterocycles. The zero-order valence-electron chi connectivity index (χ0n) is 9.96. The summed E-state index contributed by atoms with van der Waals surface area (Å²) in [6.45, 7) is 8.89. The van der Waals surface area contributed by atoms with Gasteiger partial charge in [0.1, 0.15) is 5.82 Å². The van der Waals surface area contributed by atoms with Crippen LogP contribution in [0.15, 0.2) is 30.6 Å². The molecule has 1 aromatic rings. The number of hydrogen-bond donors (Lipinski definition) is 1. The molecule has 1 atom stereocenters. The third kappa shape index (κ3) is 4.11. The van der Waals surface area contributed by atoms with Gasteiger partial charge in [-0.1, -0.05) is 12.5 Å². The van der Waals surface area contributed by atoms with E-state index in [4.69, 9.17) is 0 Å². The van der Waals surface area contributed by atoms with Crippen molar-refractivity contribution in [2.45, 2.75) is 32.7 Å². The Balaban J connectivity index is 2.78. The summed E-state index contributed by atoms with van der Waals surface area (Å²) < 4.78 is 13.1. The summed E-state index contributed by atoms with van der Waals surface area (Å²) in [6.07, 6.45) is 4.79. The van der Waals surface area contributed by atoms with E-state index in [-0.39, 0.29) is 11.9 Å².